The molecule has 24 heavy (non-hydrogen) atoms. The maximum absolute atomic E-state index is 11.8. The number of furan rings is 1. The molecule has 2 aliphatic carbocycles. The fourth-order valence-electron chi connectivity index (χ4n) is 5.32. The molecule has 0 aromatic carbocycles. The summed E-state index contributed by atoms with van der Waals surface area (Å²) >= 11 is 0. The van der Waals surface area contributed by atoms with Crippen molar-refractivity contribution in [3.63, 3.8) is 0 Å². The molecular weight excluding hydrogens is 304 g/mol. The lowest BCUT2D eigenvalue weighted by Gasteiger charge is -2.58. The third-order valence-corrected chi connectivity index (χ3v) is 7.00. The predicted molar refractivity (Wildman–Crippen MR) is 91.5 cm³/mol. The molecule has 1 aromatic rings. The zero-order chi connectivity index (χ0) is 17.4. The molecule has 0 spiro atoms. The van der Waals surface area contributed by atoms with E-state index in [-0.39, 0.29) is 17.9 Å². The number of carboxylic acid groups (broad SMARTS) is 1. The van der Waals surface area contributed by atoms with Crippen LogP contribution in [0.25, 0.3) is 0 Å². The van der Waals surface area contributed by atoms with Crippen molar-refractivity contribution in [2.24, 2.45) is 22.7 Å². The fourth-order valence-corrected chi connectivity index (χ4v) is 5.32. The largest absolute Gasteiger partial charge is 0.478 e. The highest BCUT2D eigenvalue weighted by Gasteiger charge is 2.57. The summed E-state index contributed by atoms with van der Waals surface area (Å²) in [5, 5.41) is 19.9. The van der Waals surface area contributed by atoms with Gasteiger partial charge in [-0.15, -0.1) is 0 Å². The van der Waals surface area contributed by atoms with Gasteiger partial charge in [-0.1, -0.05) is 19.9 Å². The molecule has 0 saturated heterocycles. The van der Waals surface area contributed by atoms with E-state index in [4.69, 9.17) is 4.42 Å². The molecule has 4 nitrogen and oxygen atoms in total. The van der Waals surface area contributed by atoms with Gasteiger partial charge in [0.25, 0.3) is 0 Å². The minimum absolute atomic E-state index is 0.0210. The zero-order valence-electron chi connectivity index (χ0n) is 14.6. The quantitative estimate of drug-likeness (QED) is 0.853. The summed E-state index contributed by atoms with van der Waals surface area (Å²) in [4.78, 5) is 11.8. The van der Waals surface area contributed by atoms with Gasteiger partial charge in [0, 0.05) is 11.0 Å². The molecule has 1 aromatic heterocycles. The first-order valence-electron chi connectivity index (χ1n) is 9.00. The van der Waals surface area contributed by atoms with Gasteiger partial charge in [0.05, 0.1) is 19.1 Å². The molecule has 4 heteroatoms. The SMILES string of the molecule is C[C@H]1CC[C@@]2(CO)C(C(=O)O)=CCC[C@@H]2[C@@]1(C)CCc1ccoc1. The lowest BCUT2D eigenvalue weighted by atomic mass is 9.46. The van der Waals surface area contributed by atoms with Crippen LogP contribution in [0.15, 0.2) is 34.7 Å². The Kier molecular flexibility index (Phi) is 4.60. The van der Waals surface area contributed by atoms with Crippen molar-refractivity contribution in [1.29, 1.82) is 0 Å². The van der Waals surface area contributed by atoms with Gasteiger partial charge < -0.3 is 14.6 Å². The van der Waals surface area contributed by atoms with Crippen molar-refractivity contribution in [2.45, 2.75) is 52.4 Å². The van der Waals surface area contributed by atoms with Gasteiger partial charge in [-0.2, -0.15) is 0 Å². The molecule has 1 heterocycles. The van der Waals surface area contributed by atoms with Crippen molar-refractivity contribution in [3.8, 4) is 0 Å². The Morgan fingerprint density at radius 1 is 1.42 bits per heavy atom. The standard InChI is InChI=1S/C20H28O4/c1-14-6-10-20(13-21)16(18(22)23)4-3-5-17(20)19(14,2)9-7-15-8-11-24-12-15/h4,8,11-12,14,17,21H,3,5-7,9-10,13H2,1-2H3,(H,22,23)/t14-,17+,19-,20+/m0/s1. The van der Waals surface area contributed by atoms with Crippen molar-refractivity contribution >= 4 is 5.97 Å². The summed E-state index contributed by atoms with van der Waals surface area (Å²) in [6.07, 6.45) is 10.8. The van der Waals surface area contributed by atoms with Gasteiger partial charge >= 0.3 is 5.97 Å². The molecule has 132 valence electrons. The van der Waals surface area contributed by atoms with Crippen molar-refractivity contribution < 1.29 is 19.4 Å². The van der Waals surface area contributed by atoms with Crippen LogP contribution >= 0.6 is 0 Å². The Morgan fingerprint density at radius 2 is 2.21 bits per heavy atom. The van der Waals surface area contributed by atoms with Crippen LogP contribution in [0, 0.1) is 22.7 Å². The van der Waals surface area contributed by atoms with Crippen LogP contribution in [0.5, 0.6) is 0 Å². The smallest absolute Gasteiger partial charge is 0.331 e. The number of aliphatic hydroxyl groups is 1. The predicted octanol–water partition coefficient (Wildman–Crippen LogP) is 4.05. The van der Waals surface area contributed by atoms with E-state index in [1.807, 2.05) is 12.1 Å². The number of aliphatic hydroxyl groups excluding tert-OH is 1. The van der Waals surface area contributed by atoms with Crippen molar-refractivity contribution in [1.82, 2.24) is 0 Å². The summed E-state index contributed by atoms with van der Waals surface area (Å²) in [6, 6.07) is 2.00. The number of fused-ring (bicyclic) bond motifs is 1. The highest BCUT2D eigenvalue weighted by molar-refractivity contribution is 5.88. The van der Waals surface area contributed by atoms with E-state index in [9.17, 15) is 15.0 Å². The van der Waals surface area contributed by atoms with Gasteiger partial charge in [0.1, 0.15) is 0 Å². The van der Waals surface area contributed by atoms with E-state index < -0.39 is 11.4 Å². The monoisotopic (exact) mass is 332 g/mol. The Morgan fingerprint density at radius 3 is 2.83 bits per heavy atom. The number of allylic oxidation sites excluding steroid dienone is 1. The first-order chi connectivity index (χ1) is 11.4. The molecule has 0 bridgehead atoms. The topological polar surface area (TPSA) is 70.7 Å². The first-order valence-corrected chi connectivity index (χ1v) is 9.00. The first kappa shape index (κ1) is 17.3. The zero-order valence-corrected chi connectivity index (χ0v) is 14.6. The van der Waals surface area contributed by atoms with Gasteiger partial charge in [-0.05, 0) is 67.4 Å². The van der Waals surface area contributed by atoms with Crippen molar-refractivity contribution in [3.05, 3.63) is 35.8 Å². The molecule has 0 radical (unpaired) electrons. The average Bonchev–Trinajstić information content (AvgIpc) is 3.09. The summed E-state index contributed by atoms with van der Waals surface area (Å²) in [5.41, 5.74) is 1.07. The number of carboxylic acids is 1. The molecule has 3 rings (SSSR count). The summed E-state index contributed by atoms with van der Waals surface area (Å²) in [7, 11) is 0. The third-order valence-electron chi connectivity index (χ3n) is 7.00. The average molecular weight is 332 g/mol. The van der Waals surface area contributed by atoms with E-state index in [1.54, 1.807) is 12.5 Å². The Balaban J connectivity index is 1.93. The van der Waals surface area contributed by atoms with Crippen LogP contribution in [0.1, 0.15) is 51.5 Å². The highest BCUT2D eigenvalue weighted by atomic mass is 16.4. The molecule has 0 unspecified atom stereocenters. The van der Waals surface area contributed by atoms with Crippen LogP contribution < -0.4 is 0 Å². The molecule has 0 aliphatic heterocycles. The second kappa shape index (κ2) is 6.40. The second-order valence-corrected chi connectivity index (χ2v) is 7.94. The minimum atomic E-state index is -0.861. The number of carbonyl (C=O) groups is 1. The fraction of sp³-hybridized carbons (Fsp3) is 0.650. The number of hydrogen-bond donors (Lipinski definition) is 2. The molecule has 2 aliphatic rings. The van der Waals surface area contributed by atoms with E-state index in [0.717, 1.165) is 38.5 Å². The maximum Gasteiger partial charge on any atom is 0.331 e. The number of hydrogen-bond acceptors (Lipinski definition) is 3. The Hall–Kier alpha value is -1.55. The van der Waals surface area contributed by atoms with Gasteiger partial charge in [0.15, 0.2) is 0 Å². The van der Waals surface area contributed by atoms with E-state index in [0.29, 0.717) is 11.5 Å². The Labute approximate surface area is 143 Å². The normalized spacial score (nSPS) is 36.0. The molecule has 1 saturated carbocycles. The molecule has 2 N–H and O–H groups in total. The van der Waals surface area contributed by atoms with E-state index >= 15 is 0 Å². The van der Waals surface area contributed by atoms with Gasteiger partial charge in [0.2, 0.25) is 0 Å². The van der Waals surface area contributed by atoms with Crippen LogP contribution in [-0.2, 0) is 11.2 Å². The van der Waals surface area contributed by atoms with Crippen LogP contribution in [0.2, 0.25) is 0 Å². The van der Waals surface area contributed by atoms with Crippen LogP contribution in [-0.4, -0.2) is 22.8 Å². The number of aliphatic carboxylic acids is 1. The lowest BCUT2D eigenvalue weighted by Crippen LogP contribution is -2.54. The van der Waals surface area contributed by atoms with Crippen LogP contribution in [0.4, 0.5) is 0 Å². The Bertz CT molecular complexity index is 618. The third kappa shape index (κ3) is 2.61. The van der Waals surface area contributed by atoms with Crippen molar-refractivity contribution in [2.75, 3.05) is 6.61 Å². The number of aryl methyl sites for hydroxylation is 1. The van der Waals surface area contributed by atoms with E-state index in [2.05, 4.69) is 13.8 Å². The summed E-state index contributed by atoms with van der Waals surface area (Å²) in [6.45, 7) is 4.52. The molecule has 1 fully saturated rings. The summed E-state index contributed by atoms with van der Waals surface area (Å²) < 4.78 is 5.18. The van der Waals surface area contributed by atoms with Gasteiger partial charge in [-0.25, -0.2) is 4.79 Å². The van der Waals surface area contributed by atoms with Gasteiger partial charge in [-0.3, -0.25) is 0 Å². The minimum Gasteiger partial charge on any atom is -0.478 e. The lowest BCUT2D eigenvalue weighted by molar-refractivity contribution is -0.139. The molecule has 0 amide bonds. The molecular formula is C20H28O4. The van der Waals surface area contributed by atoms with E-state index in [1.165, 1.54) is 5.56 Å². The number of rotatable bonds is 5. The maximum atomic E-state index is 11.8. The second-order valence-electron chi connectivity index (χ2n) is 7.94. The molecule has 4 atom stereocenters. The van der Waals surface area contributed by atoms with Crippen LogP contribution in [0.3, 0.4) is 0 Å². The summed E-state index contributed by atoms with van der Waals surface area (Å²) in [5.74, 6) is -0.135. The highest BCUT2D eigenvalue weighted by Crippen LogP contribution is 2.61.